The molecule has 1 N–H and O–H groups in total. The van der Waals surface area contributed by atoms with Gasteiger partial charge in [-0.1, -0.05) is 0 Å². The van der Waals surface area contributed by atoms with E-state index < -0.39 is 5.91 Å². The van der Waals surface area contributed by atoms with Crippen LogP contribution in [0.4, 0.5) is 11.4 Å². The number of fused-ring (bicyclic) bond motifs is 1. The fourth-order valence-electron chi connectivity index (χ4n) is 1.94. The van der Waals surface area contributed by atoms with Gasteiger partial charge in [0.25, 0.3) is 5.91 Å². The summed E-state index contributed by atoms with van der Waals surface area (Å²) in [6, 6.07) is 5.33. The van der Waals surface area contributed by atoms with Crippen LogP contribution < -0.4 is 10.2 Å². The molecule has 2 amide bonds. The minimum absolute atomic E-state index is 0.166. The Hall–Kier alpha value is -2.17. The standard InChI is InChI=1S/C12H12N2O3/c1-13-9-3-4-10-8(6-9)2-5-11(16)14(10)12(17)7-15/h3-4,6-7,13H,2,5H2,1H3. The Labute approximate surface area is 98.4 Å². The van der Waals surface area contributed by atoms with E-state index in [-0.39, 0.29) is 18.6 Å². The van der Waals surface area contributed by atoms with Gasteiger partial charge in [-0.3, -0.25) is 14.4 Å². The van der Waals surface area contributed by atoms with Crippen LogP contribution in [0.1, 0.15) is 12.0 Å². The van der Waals surface area contributed by atoms with E-state index in [0.29, 0.717) is 12.1 Å². The molecule has 5 nitrogen and oxygen atoms in total. The predicted molar refractivity (Wildman–Crippen MR) is 62.9 cm³/mol. The van der Waals surface area contributed by atoms with Crippen molar-refractivity contribution in [1.29, 1.82) is 0 Å². The van der Waals surface area contributed by atoms with Gasteiger partial charge in [0.15, 0.2) is 0 Å². The second-order valence-corrected chi connectivity index (χ2v) is 3.78. The van der Waals surface area contributed by atoms with Gasteiger partial charge in [-0.15, -0.1) is 0 Å². The molecule has 0 aliphatic carbocycles. The third-order valence-corrected chi connectivity index (χ3v) is 2.79. The first-order valence-electron chi connectivity index (χ1n) is 5.30. The average molecular weight is 232 g/mol. The molecular formula is C12H12N2O3. The molecule has 0 unspecified atom stereocenters. The van der Waals surface area contributed by atoms with Crippen molar-refractivity contribution in [2.45, 2.75) is 12.8 Å². The number of carbonyl (C=O) groups is 3. The second-order valence-electron chi connectivity index (χ2n) is 3.78. The number of hydrogen-bond donors (Lipinski definition) is 1. The summed E-state index contributed by atoms with van der Waals surface area (Å²) < 4.78 is 0. The van der Waals surface area contributed by atoms with E-state index >= 15 is 0 Å². The highest BCUT2D eigenvalue weighted by Crippen LogP contribution is 2.30. The van der Waals surface area contributed by atoms with Gasteiger partial charge in [0, 0.05) is 19.2 Å². The molecule has 0 saturated heterocycles. The molecule has 2 rings (SSSR count). The summed E-state index contributed by atoms with van der Waals surface area (Å²) in [5.74, 6) is -1.14. The van der Waals surface area contributed by atoms with Gasteiger partial charge in [0.05, 0.1) is 5.69 Å². The Balaban J connectivity index is 2.48. The van der Waals surface area contributed by atoms with Crippen LogP contribution in [0.5, 0.6) is 0 Å². The first-order chi connectivity index (χ1) is 8.17. The third-order valence-electron chi connectivity index (χ3n) is 2.79. The predicted octanol–water partition coefficient (Wildman–Crippen LogP) is 0.733. The summed E-state index contributed by atoms with van der Waals surface area (Å²) in [5.41, 5.74) is 2.32. The van der Waals surface area contributed by atoms with Crippen molar-refractivity contribution in [1.82, 2.24) is 0 Å². The Bertz CT molecular complexity index is 497. The fraction of sp³-hybridized carbons (Fsp3) is 0.250. The van der Waals surface area contributed by atoms with Crippen LogP contribution in [-0.2, 0) is 20.8 Å². The second kappa shape index (κ2) is 4.37. The van der Waals surface area contributed by atoms with Crippen LogP contribution in [0.25, 0.3) is 0 Å². The number of anilines is 2. The van der Waals surface area contributed by atoms with Crippen molar-refractivity contribution in [3.05, 3.63) is 23.8 Å². The van der Waals surface area contributed by atoms with Gasteiger partial charge in [-0.2, -0.15) is 0 Å². The molecule has 0 aromatic heterocycles. The minimum Gasteiger partial charge on any atom is -0.388 e. The molecular weight excluding hydrogens is 220 g/mol. The molecule has 1 heterocycles. The lowest BCUT2D eigenvalue weighted by Gasteiger charge is -2.26. The SMILES string of the molecule is CNc1ccc2c(c1)CCC(=O)N2C(=O)C=O. The summed E-state index contributed by atoms with van der Waals surface area (Å²) in [6.45, 7) is 0. The number of rotatable bonds is 2. The highest BCUT2D eigenvalue weighted by atomic mass is 16.2. The fourth-order valence-corrected chi connectivity index (χ4v) is 1.94. The molecule has 0 saturated carbocycles. The first kappa shape index (κ1) is 11.3. The van der Waals surface area contributed by atoms with Gasteiger partial charge < -0.3 is 5.32 Å². The number of nitrogens with zero attached hydrogens (tertiary/aromatic N) is 1. The topological polar surface area (TPSA) is 66.5 Å². The number of aryl methyl sites for hydroxylation is 1. The lowest BCUT2D eigenvalue weighted by atomic mass is 10.0. The number of carbonyl (C=O) groups excluding carboxylic acids is 3. The van der Waals surface area contributed by atoms with Crippen LogP contribution >= 0.6 is 0 Å². The van der Waals surface area contributed by atoms with E-state index in [4.69, 9.17) is 0 Å². The molecule has 0 bridgehead atoms. The van der Waals surface area contributed by atoms with Crippen LogP contribution in [0.3, 0.4) is 0 Å². The number of aldehydes is 1. The molecule has 1 aromatic carbocycles. The zero-order valence-electron chi connectivity index (χ0n) is 9.40. The Morgan fingerprint density at radius 1 is 1.41 bits per heavy atom. The third kappa shape index (κ3) is 1.91. The van der Waals surface area contributed by atoms with E-state index in [2.05, 4.69) is 5.32 Å². The average Bonchev–Trinajstić information content (AvgIpc) is 2.37. The number of hydrogen-bond acceptors (Lipinski definition) is 4. The summed E-state index contributed by atoms with van der Waals surface area (Å²) in [5, 5.41) is 2.99. The van der Waals surface area contributed by atoms with Crippen molar-refractivity contribution in [2.75, 3.05) is 17.3 Å². The summed E-state index contributed by atoms with van der Waals surface area (Å²) in [6.07, 6.45) is 1.01. The normalized spacial score (nSPS) is 14.2. The summed E-state index contributed by atoms with van der Waals surface area (Å²) in [7, 11) is 1.80. The van der Waals surface area contributed by atoms with E-state index in [1.807, 2.05) is 6.07 Å². The Kier molecular flexibility index (Phi) is 2.91. The largest absolute Gasteiger partial charge is 0.388 e. The lowest BCUT2D eigenvalue weighted by Crippen LogP contribution is -2.40. The molecule has 1 aromatic rings. The Morgan fingerprint density at radius 3 is 2.82 bits per heavy atom. The quantitative estimate of drug-likeness (QED) is 0.603. The minimum atomic E-state index is -0.812. The van der Waals surface area contributed by atoms with Gasteiger partial charge in [-0.05, 0) is 30.2 Å². The molecule has 1 aliphatic rings. The Morgan fingerprint density at radius 2 is 2.18 bits per heavy atom. The molecule has 5 heteroatoms. The van der Waals surface area contributed by atoms with Crippen molar-refractivity contribution >= 4 is 29.5 Å². The van der Waals surface area contributed by atoms with Crippen molar-refractivity contribution in [3.63, 3.8) is 0 Å². The maximum Gasteiger partial charge on any atom is 0.297 e. The van der Waals surface area contributed by atoms with Gasteiger partial charge in [-0.25, -0.2) is 4.90 Å². The molecule has 1 aliphatic heterocycles. The zero-order valence-corrected chi connectivity index (χ0v) is 9.40. The molecule has 88 valence electrons. The van der Waals surface area contributed by atoms with Gasteiger partial charge >= 0.3 is 0 Å². The van der Waals surface area contributed by atoms with E-state index in [1.165, 1.54) is 0 Å². The number of benzene rings is 1. The number of nitrogens with one attached hydrogen (secondary N) is 1. The maximum atomic E-state index is 11.6. The molecule has 0 atom stereocenters. The molecule has 0 radical (unpaired) electrons. The number of amides is 2. The van der Waals surface area contributed by atoms with Gasteiger partial charge in [0.2, 0.25) is 12.2 Å². The van der Waals surface area contributed by atoms with Crippen LogP contribution in [0, 0.1) is 0 Å². The van der Waals surface area contributed by atoms with Crippen LogP contribution in [0.2, 0.25) is 0 Å². The van der Waals surface area contributed by atoms with Crippen molar-refractivity contribution in [2.24, 2.45) is 0 Å². The highest BCUT2D eigenvalue weighted by molar-refractivity contribution is 6.38. The van der Waals surface area contributed by atoms with Crippen molar-refractivity contribution in [3.8, 4) is 0 Å². The van der Waals surface area contributed by atoms with E-state index in [0.717, 1.165) is 16.2 Å². The maximum absolute atomic E-state index is 11.6. The first-order valence-corrected chi connectivity index (χ1v) is 5.30. The van der Waals surface area contributed by atoms with Crippen LogP contribution in [0.15, 0.2) is 18.2 Å². The molecule has 17 heavy (non-hydrogen) atoms. The summed E-state index contributed by atoms with van der Waals surface area (Å²) >= 11 is 0. The smallest absolute Gasteiger partial charge is 0.297 e. The summed E-state index contributed by atoms with van der Waals surface area (Å²) in [4.78, 5) is 34.5. The highest BCUT2D eigenvalue weighted by Gasteiger charge is 2.29. The lowest BCUT2D eigenvalue weighted by molar-refractivity contribution is -0.133. The van der Waals surface area contributed by atoms with E-state index in [9.17, 15) is 14.4 Å². The number of imide groups is 1. The van der Waals surface area contributed by atoms with Gasteiger partial charge in [0.1, 0.15) is 0 Å². The zero-order chi connectivity index (χ0) is 12.4. The van der Waals surface area contributed by atoms with Crippen LogP contribution in [-0.4, -0.2) is 25.1 Å². The molecule has 0 fully saturated rings. The van der Waals surface area contributed by atoms with E-state index in [1.54, 1.807) is 19.2 Å². The van der Waals surface area contributed by atoms with Crippen molar-refractivity contribution < 1.29 is 14.4 Å². The monoisotopic (exact) mass is 232 g/mol. The molecule has 0 spiro atoms.